The predicted molar refractivity (Wildman–Crippen MR) is 66.4 cm³/mol. The quantitative estimate of drug-likeness (QED) is 0.690. The second-order valence-electron chi connectivity index (χ2n) is 4.16. The third kappa shape index (κ3) is 1.28. The molecule has 16 heavy (non-hydrogen) atoms. The third-order valence-corrected chi connectivity index (χ3v) is 3.23. The summed E-state index contributed by atoms with van der Waals surface area (Å²) in [5, 5.41) is 2.56. The number of carbonyl (C=O) groups excluding carboxylic acids is 1. The molecule has 0 radical (unpaired) electrons. The molecule has 3 rings (SSSR count). The highest BCUT2D eigenvalue weighted by Crippen LogP contribution is 2.35. The summed E-state index contributed by atoms with van der Waals surface area (Å²) in [6.07, 6.45) is 5.83. The lowest BCUT2D eigenvalue weighted by molar-refractivity contribution is -0.108. The highest BCUT2D eigenvalue weighted by Gasteiger charge is 2.16. The fourth-order valence-electron chi connectivity index (χ4n) is 2.48. The van der Waals surface area contributed by atoms with Gasteiger partial charge in [0.1, 0.15) is 6.29 Å². The fraction of sp³-hybridized carbons (Fsp3) is 0.133. The molecule has 2 aromatic carbocycles. The number of carbonyl (C=O) groups is 1. The minimum Gasteiger partial charge on any atom is -0.303 e. The molecule has 0 aliphatic heterocycles. The zero-order chi connectivity index (χ0) is 11.0. The van der Waals surface area contributed by atoms with E-state index in [4.69, 9.17) is 0 Å². The molecule has 0 spiro atoms. The molecule has 78 valence electrons. The van der Waals surface area contributed by atoms with Crippen LogP contribution in [0.5, 0.6) is 0 Å². The Kier molecular flexibility index (Phi) is 2.10. The van der Waals surface area contributed by atoms with Crippen molar-refractivity contribution in [1.82, 2.24) is 0 Å². The molecule has 1 aliphatic carbocycles. The van der Waals surface area contributed by atoms with E-state index in [1.54, 1.807) is 0 Å². The van der Waals surface area contributed by atoms with Gasteiger partial charge in [0.2, 0.25) is 0 Å². The average Bonchev–Trinajstić information content (AvgIpc) is 2.33. The lowest BCUT2D eigenvalue weighted by Crippen LogP contribution is -2.01. The van der Waals surface area contributed by atoms with Gasteiger partial charge in [-0.05, 0) is 21.9 Å². The molecular formula is C15H12O. The van der Waals surface area contributed by atoms with Gasteiger partial charge in [-0.3, -0.25) is 0 Å². The maximum Gasteiger partial charge on any atom is 0.120 e. The van der Waals surface area contributed by atoms with Gasteiger partial charge < -0.3 is 4.79 Å². The van der Waals surface area contributed by atoms with Crippen LogP contribution in [0.25, 0.3) is 16.8 Å². The second kappa shape index (κ2) is 3.60. The Hall–Kier alpha value is -1.89. The largest absolute Gasteiger partial charge is 0.303 e. The highest BCUT2D eigenvalue weighted by atomic mass is 16.1. The van der Waals surface area contributed by atoms with Crippen LogP contribution in [-0.4, -0.2) is 6.29 Å². The van der Waals surface area contributed by atoms with Crippen molar-refractivity contribution < 1.29 is 4.79 Å². The fourth-order valence-corrected chi connectivity index (χ4v) is 2.48. The van der Waals surface area contributed by atoms with Crippen molar-refractivity contribution in [2.45, 2.75) is 12.3 Å². The Morgan fingerprint density at radius 2 is 1.94 bits per heavy atom. The van der Waals surface area contributed by atoms with Crippen LogP contribution in [0, 0.1) is 0 Å². The van der Waals surface area contributed by atoms with Crippen LogP contribution in [-0.2, 0) is 4.79 Å². The summed E-state index contributed by atoms with van der Waals surface area (Å²) < 4.78 is 0. The molecule has 1 atom stereocenters. The van der Waals surface area contributed by atoms with Gasteiger partial charge in [-0.2, -0.15) is 0 Å². The second-order valence-corrected chi connectivity index (χ2v) is 4.16. The van der Waals surface area contributed by atoms with E-state index in [0.29, 0.717) is 6.42 Å². The first-order valence-corrected chi connectivity index (χ1v) is 5.53. The predicted octanol–water partition coefficient (Wildman–Crippen LogP) is 3.54. The van der Waals surface area contributed by atoms with E-state index in [1.165, 1.54) is 21.9 Å². The maximum atomic E-state index is 10.7. The lowest BCUT2D eigenvalue weighted by Gasteiger charge is -2.19. The van der Waals surface area contributed by atoms with E-state index in [2.05, 4.69) is 48.6 Å². The van der Waals surface area contributed by atoms with Gasteiger partial charge >= 0.3 is 0 Å². The van der Waals surface area contributed by atoms with E-state index in [0.717, 1.165) is 6.29 Å². The molecule has 1 unspecified atom stereocenters. The Morgan fingerprint density at radius 3 is 2.75 bits per heavy atom. The standard InChI is InChI=1S/C15H12O/c16-10-9-11-7-8-13-4-1-3-12-5-2-6-14(11)15(12)13/h1-8,10-11H,9H2. The first-order chi connectivity index (χ1) is 7.90. The van der Waals surface area contributed by atoms with E-state index in [9.17, 15) is 4.79 Å². The van der Waals surface area contributed by atoms with Crippen LogP contribution in [0.1, 0.15) is 23.5 Å². The lowest BCUT2D eigenvalue weighted by atomic mass is 9.85. The number of hydrogen-bond donors (Lipinski definition) is 0. The smallest absolute Gasteiger partial charge is 0.120 e. The molecule has 1 heteroatoms. The number of aldehydes is 1. The minimum absolute atomic E-state index is 0.246. The average molecular weight is 208 g/mol. The van der Waals surface area contributed by atoms with Gasteiger partial charge in [0, 0.05) is 12.3 Å². The molecule has 0 saturated carbocycles. The first-order valence-electron chi connectivity index (χ1n) is 5.53. The summed E-state index contributed by atoms with van der Waals surface area (Å²) in [5.41, 5.74) is 2.54. The van der Waals surface area contributed by atoms with Crippen molar-refractivity contribution in [3.05, 3.63) is 53.6 Å². The minimum atomic E-state index is 0.246. The highest BCUT2D eigenvalue weighted by molar-refractivity contribution is 5.95. The van der Waals surface area contributed by atoms with Crippen molar-refractivity contribution in [1.29, 1.82) is 0 Å². The molecule has 0 N–H and O–H groups in total. The zero-order valence-corrected chi connectivity index (χ0v) is 8.89. The van der Waals surface area contributed by atoms with Gasteiger partial charge in [0.05, 0.1) is 0 Å². The topological polar surface area (TPSA) is 17.1 Å². The number of rotatable bonds is 2. The van der Waals surface area contributed by atoms with Gasteiger partial charge in [0.25, 0.3) is 0 Å². The van der Waals surface area contributed by atoms with Crippen molar-refractivity contribution in [2.75, 3.05) is 0 Å². The summed E-state index contributed by atoms with van der Waals surface area (Å²) >= 11 is 0. The van der Waals surface area contributed by atoms with Gasteiger partial charge in [-0.15, -0.1) is 0 Å². The molecule has 0 fully saturated rings. The van der Waals surface area contributed by atoms with Crippen molar-refractivity contribution in [2.24, 2.45) is 0 Å². The normalized spacial score (nSPS) is 17.6. The van der Waals surface area contributed by atoms with Gasteiger partial charge in [0.15, 0.2) is 0 Å². The third-order valence-electron chi connectivity index (χ3n) is 3.23. The van der Waals surface area contributed by atoms with Crippen molar-refractivity contribution in [3.63, 3.8) is 0 Å². The van der Waals surface area contributed by atoms with Gasteiger partial charge in [-0.1, -0.05) is 48.6 Å². The molecule has 1 nitrogen and oxygen atoms in total. The molecule has 0 aromatic heterocycles. The molecule has 1 aliphatic rings. The van der Waals surface area contributed by atoms with E-state index in [-0.39, 0.29) is 5.92 Å². The van der Waals surface area contributed by atoms with Gasteiger partial charge in [-0.25, -0.2) is 0 Å². The summed E-state index contributed by atoms with van der Waals surface area (Å²) in [7, 11) is 0. The van der Waals surface area contributed by atoms with Crippen LogP contribution in [0.15, 0.2) is 42.5 Å². The first kappa shape index (κ1) is 9.34. The van der Waals surface area contributed by atoms with E-state index in [1.807, 2.05) is 0 Å². The Bertz CT molecular complexity index is 576. The van der Waals surface area contributed by atoms with Crippen LogP contribution in [0.2, 0.25) is 0 Å². The Labute approximate surface area is 94.4 Å². The number of benzene rings is 2. The van der Waals surface area contributed by atoms with E-state index < -0.39 is 0 Å². The molecule has 0 amide bonds. The molecule has 2 aromatic rings. The van der Waals surface area contributed by atoms with Crippen molar-refractivity contribution >= 4 is 23.1 Å². The summed E-state index contributed by atoms with van der Waals surface area (Å²) in [6.45, 7) is 0. The maximum absolute atomic E-state index is 10.7. The molecule has 0 bridgehead atoms. The van der Waals surface area contributed by atoms with Crippen LogP contribution < -0.4 is 0 Å². The van der Waals surface area contributed by atoms with Crippen LogP contribution >= 0.6 is 0 Å². The van der Waals surface area contributed by atoms with E-state index >= 15 is 0 Å². The molecule has 0 heterocycles. The van der Waals surface area contributed by atoms with Crippen LogP contribution in [0.3, 0.4) is 0 Å². The molecule has 0 saturated heterocycles. The summed E-state index contributed by atoms with van der Waals surface area (Å²) in [4.78, 5) is 10.7. The van der Waals surface area contributed by atoms with Crippen molar-refractivity contribution in [3.8, 4) is 0 Å². The van der Waals surface area contributed by atoms with Crippen LogP contribution in [0.4, 0.5) is 0 Å². The monoisotopic (exact) mass is 208 g/mol. The number of allylic oxidation sites excluding steroid dienone is 1. The summed E-state index contributed by atoms with van der Waals surface area (Å²) in [5.74, 6) is 0.246. The Morgan fingerprint density at radius 1 is 1.12 bits per heavy atom. The molecular weight excluding hydrogens is 196 g/mol. The SMILES string of the molecule is O=CCC1C=Cc2cccc3cccc1c23. The summed E-state index contributed by atoms with van der Waals surface area (Å²) in [6, 6.07) is 12.6. The Balaban J connectivity index is 2.31. The number of hydrogen-bond acceptors (Lipinski definition) is 1. The zero-order valence-electron chi connectivity index (χ0n) is 8.89.